The fourth-order valence-electron chi connectivity index (χ4n) is 2.87. The number of nitrogens with zero attached hydrogens (tertiary/aromatic N) is 2. The molecule has 1 heterocycles. The van der Waals surface area contributed by atoms with Gasteiger partial charge in [-0.05, 0) is 13.0 Å². The first-order chi connectivity index (χ1) is 13.3. The molecular weight excluding hydrogens is 368 g/mol. The monoisotopic (exact) mass is 382 g/mol. The van der Waals surface area contributed by atoms with Gasteiger partial charge in [0.1, 0.15) is 12.1 Å². The Morgan fingerprint density at radius 2 is 1.75 bits per heavy atom. The van der Waals surface area contributed by atoms with E-state index in [0.717, 1.165) is 6.07 Å². The SMILES string of the molecule is C[C@@H](OC(=O)CN1C(=O)c2cccc([N+](=O)[O-])c2C1=O)C(=O)c1ccccc1. The number of imide groups is 1. The second-order valence-electron chi connectivity index (χ2n) is 6.02. The second kappa shape index (κ2) is 7.39. The molecule has 1 atom stereocenters. The predicted molar refractivity (Wildman–Crippen MR) is 94.8 cm³/mol. The van der Waals surface area contributed by atoms with Crippen LogP contribution in [0.25, 0.3) is 0 Å². The fraction of sp³-hybridized carbons (Fsp3) is 0.158. The molecule has 0 fully saturated rings. The average molecular weight is 382 g/mol. The van der Waals surface area contributed by atoms with Crippen molar-refractivity contribution in [3.05, 3.63) is 75.3 Å². The van der Waals surface area contributed by atoms with Gasteiger partial charge >= 0.3 is 5.97 Å². The molecule has 9 heteroatoms. The minimum absolute atomic E-state index is 0.152. The van der Waals surface area contributed by atoms with Gasteiger partial charge in [0.2, 0.25) is 5.78 Å². The second-order valence-corrected chi connectivity index (χ2v) is 6.02. The molecule has 142 valence electrons. The van der Waals surface area contributed by atoms with E-state index in [1.807, 2.05) is 0 Å². The van der Waals surface area contributed by atoms with Crippen molar-refractivity contribution in [3.8, 4) is 0 Å². The summed E-state index contributed by atoms with van der Waals surface area (Å²) >= 11 is 0. The third-order valence-electron chi connectivity index (χ3n) is 4.20. The number of hydrogen-bond acceptors (Lipinski definition) is 7. The summed E-state index contributed by atoms with van der Waals surface area (Å²) in [4.78, 5) is 60.1. The van der Waals surface area contributed by atoms with Crippen LogP contribution in [-0.4, -0.2) is 46.0 Å². The van der Waals surface area contributed by atoms with Crippen LogP contribution in [0.3, 0.4) is 0 Å². The zero-order chi connectivity index (χ0) is 20.4. The molecule has 2 aromatic carbocycles. The molecule has 0 unspecified atom stereocenters. The first-order valence-corrected chi connectivity index (χ1v) is 8.23. The smallest absolute Gasteiger partial charge is 0.326 e. The maximum Gasteiger partial charge on any atom is 0.326 e. The van der Waals surface area contributed by atoms with Crippen LogP contribution >= 0.6 is 0 Å². The number of esters is 1. The maximum atomic E-state index is 12.4. The summed E-state index contributed by atoms with van der Waals surface area (Å²) in [6.45, 7) is 0.621. The number of ketones is 1. The minimum atomic E-state index is -1.13. The molecule has 0 radical (unpaired) electrons. The predicted octanol–water partition coefficient (Wildman–Crippen LogP) is 2.01. The number of carbonyl (C=O) groups excluding carboxylic acids is 4. The lowest BCUT2D eigenvalue weighted by atomic mass is 10.1. The number of fused-ring (bicyclic) bond motifs is 1. The highest BCUT2D eigenvalue weighted by Crippen LogP contribution is 2.30. The Morgan fingerprint density at radius 1 is 1.07 bits per heavy atom. The van der Waals surface area contributed by atoms with E-state index in [-0.39, 0.29) is 11.1 Å². The van der Waals surface area contributed by atoms with Crippen molar-refractivity contribution in [1.82, 2.24) is 4.90 Å². The first kappa shape index (κ1) is 18.9. The minimum Gasteiger partial charge on any atom is -0.453 e. The van der Waals surface area contributed by atoms with Crippen LogP contribution in [0.4, 0.5) is 5.69 Å². The zero-order valence-electron chi connectivity index (χ0n) is 14.7. The van der Waals surface area contributed by atoms with Crippen LogP contribution < -0.4 is 0 Å². The van der Waals surface area contributed by atoms with Crippen LogP contribution in [0.2, 0.25) is 0 Å². The zero-order valence-corrected chi connectivity index (χ0v) is 14.7. The summed E-state index contributed by atoms with van der Waals surface area (Å²) < 4.78 is 5.03. The number of benzene rings is 2. The number of nitro groups is 1. The summed E-state index contributed by atoms with van der Waals surface area (Å²) in [5.41, 5.74) is -0.683. The van der Waals surface area contributed by atoms with Crippen molar-refractivity contribution in [1.29, 1.82) is 0 Å². The lowest BCUT2D eigenvalue weighted by Gasteiger charge is -2.16. The van der Waals surface area contributed by atoms with Crippen LogP contribution in [-0.2, 0) is 9.53 Å². The lowest BCUT2D eigenvalue weighted by molar-refractivity contribution is -0.385. The van der Waals surface area contributed by atoms with E-state index in [1.165, 1.54) is 19.1 Å². The number of amides is 2. The summed E-state index contributed by atoms with van der Waals surface area (Å²) in [5.74, 6) is -3.20. The summed E-state index contributed by atoms with van der Waals surface area (Å²) in [6.07, 6.45) is -1.13. The summed E-state index contributed by atoms with van der Waals surface area (Å²) in [5, 5.41) is 11.1. The molecule has 2 amide bonds. The molecule has 9 nitrogen and oxygen atoms in total. The highest BCUT2D eigenvalue weighted by Gasteiger charge is 2.42. The van der Waals surface area contributed by atoms with Gasteiger partial charge in [-0.3, -0.25) is 34.2 Å². The molecular formula is C19H14N2O7. The van der Waals surface area contributed by atoms with Gasteiger partial charge < -0.3 is 4.74 Å². The van der Waals surface area contributed by atoms with Crippen molar-refractivity contribution in [3.63, 3.8) is 0 Å². The molecule has 1 aliphatic heterocycles. The Hall–Kier alpha value is -3.88. The van der Waals surface area contributed by atoms with E-state index in [4.69, 9.17) is 4.74 Å². The van der Waals surface area contributed by atoms with Crippen molar-refractivity contribution in [2.24, 2.45) is 0 Å². The Balaban J connectivity index is 1.72. The number of hydrogen-bond donors (Lipinski definition) is 0. The summed E-state index contributed by atoms with van der Waals surface area (Å²) in [7, 11) is 0. The standard InChI is InChI=1S/C19H14N2O7/c1-11(17(23)12-6-3-2-4-7-12)28-15(22)10-20-18(24)13-8-5-9-14(21(26)27)16(13)19(20)25/h2-9,11H,10H2,1H3/t11-/m1/s1. The maximum absolute atomic E-state index is 12.4. The molecule has 2 aromatic rings. The van der Waals surface area contributed by atoms with E-state index in [0.29, 0.717) is 10.5 Å². The third kappa shape index (κ3) is 3.37. The number of Topliss-reactive ketones (excluding diaryl/α,β-unsaturated/α-hetero) is 1. The van der Waals surface area contributed by atoms with E-state index in [2.05, 4.69) is 0 Å². The fourth-order valence-corrected chi connectivity index (χ4v) is 2.87. The van der Waals surface area contributed by atoms with Gasteiger partial charge in [0.25, 0.3) is 17.5 Å². The van der Waals surface area contributed by atoms with Crippen molar-refractivity contribution >= 4 is 29.3 Å². The normalized spacial score (nSPS) is 13.8. The Labute approximate surface area is 158 Å². The highest BCUT2D eigenvalue weighted by molar-refractivity contribution is 6.24. The Morgan fingerprint density at radius 3 is 2.39 bits per heavy atom. The van der Waals surface area contributed by atoms with E-state index >= 15 is 0 Å². The van der Waals surface area contributed by atoms with Gasteiger partial charge in [-0.25, -0.2) is 0 Å². The van der Waals surface area contributed by atoms with Crippen molar-refractivity contribution < 1.29 is 28.8 Å². The van der Waals surface area contributed by atoms with E-state index < -0.39 is 46.8 Å². The molecule has 1 aliphatic rings. The first-order valence-electron chi connectivity index (χ1n) is 8.23. The average Bonchev–Trinajstić information content (AvgIpc) is 2.92. The molecule has 3 rings (SSSR count). The number of carbonyl (C=O) groups is 4. The Bertz CT molecular complexity index is 1000. The number of ether oxygens (including phenoxy) is 1. The van der Waals surface area contributed by atoms with Gasteiger partial charge in [0.15, 0.2) is 6.10 Å². The molecule has 0 spiro atoms. The Kier molecular flexibility index (Phi) is 4.99. The topological polar surface area (TPSA) is 124 Å². The largest absolute Gasteiger partial charge is 0.453 e. The van der Waals surface area contributed by atoms with Crippen molar-refractivity contribution in [2.45, 2.75) is 13.0 Å². The van der Waals surface area contributed by atoms with Crippen LogP contribution in [0, 0.1) is 10.1 Å². The molecule has 0 aromatic heterocycles. The quantitative estimate of drug-likeness (QED) is 0.246. The van der Waals surface area contributed by atoms with Gasteiger partial charge in [-0.1, -0.05) is 36.4 Å². The van der Waals surface area contributed by atoms with Gasteiger partial charge in [0, 0.05) is 11.6 Å². The molecule has 0 saturated carbocycles. The van der Waals surface area contributed by atoms with E-state index in [9.17, 15) is 29.3 Å². The molecule has 0 bridgehead atoms. The van der Waals surface area contributed by atoms with Crippen LogP contribution in [0.5, 0.6) is 0 Å². The molecule has 0 N–H and O–H groups in total. The van der Waals surface area contributed by atoms with Crippen LogP contribution in [0.1, 0.15) is 38.0 Å². The van der Waals surface area contributed by atoms with Crippen LogP contribution in [0.15, 0.2) is 48.5 Å². The third-order valence-corrected chi connectivity index (χ3v) is 4.20. The van der Waals surface area contributed by atoms with Gasteiger partial charge in [-0.2, -0.15) is 0 Å². The van der Waals surface area contributed by atoms with Gasteiger partial charge in [-0.15, -0.1) is 0 Å². The van der Waals surface area contributed by atoms with Gasteiger partial charge in [0.05, 0.1) is 10.5 Å². The van der Waals surface area contributed by atoms with E-state index in [1.54, 1.807) is 30.3 Å². The van der Waals surface area contributed by atoms with Crippen molar-refractivity contribution in [2.75, 3.05) is 6.54 Å². The lowest BCUT2D eigenvalue weighted by Crippen LogP contribution is -2.37. The molecule has 0 saturated heterocycles. The molecule has 0 aliphatic carbocycles. The number of rotatable bonds is 6. The number of nitro benzene ring substituents is 1. The summed E-state index contributed by atoms with van der Waals surface area (Å²) in [6, 6.07) is 11.8. The molecule has 28 heavy (non-hydrogen) atoms. The highest BCUT2D eigenvalue weighted by atomic mass is 16.6.